The van der Waals surface area contributed by atoms with Gasteiger partial charge in [-0.15, -0.1) is 0 Å². The van der Waals surface area contributed by atoms with Crippen LogP contribution in [-0.4, -0.2) is 72.5 Å². The van der Waals surface area contributed by atoms with E-state index in [-0.39, 0.29) is 24.1 Å². The third-order valence-corrected chi connectivity index (χ3v) is 6.02. The lowest BCUT2D eigenvalue weighted by Crippen LogP contribution is -2.55. The summed E-state index contributed by atoms with van der Waals surface area (Å²) in [6.45, 7) is 2.11. The molecule has 1 aliphatic rings. The van der Waals surface area contributed by atoms with Crippen molar-refractivity contribution in [3.63, 3.8) is 0 Å². The minimum atomic E-state index is -0.602. The predicted octanol–water partition coefficient (Wildman–Crippen LogP) is 2.56. The van der Waals surface area contributed by atoms with Gasteiger partial charge in [0.05, 0.1) is 4.92 Å². The molecule has 176 valence electrons. The van der Waals surface area contributed by atoms with E-state index in [1.54, 1.807) is 40.9 Å². The maximum Gasteiger partial charge on any atom is 0.269 e. The Bertz CT molecular complexity index is 934. The Balaban J connectivity index is 1.53. The van der Waals surface area contributed by atoms with E-state index in [4.69, 9.17) is 4.74 Å². The van der Waals surface area contributed by atoms with Gasteiger partial charge in [0.25, 0.3) is 11.6 Å². The van der Waals surface area contributed by atoms with Gasteiger partial charge in [0, 0.05) is 44.0 Å². The van der Waals surface area contributed by atoms with E-state index >= 15 is 0 Å². The molecule has 2 aromatic carbocycles. The zero-order valence-corrected chi connectivity index (χ0v) is 19.3. The van der Waals surface area contributed by atoms with Crippen LogP contribution in [0, 0.1) is 10.1 Å². The summed E-state index contributed by atoms with van der Waals surface area (Å²) in [6.07, 6.45) is 2.50. The molecule has 0 radical (unpaired) electrons. The number of piperazine rings is 1. The molecule has 10 heteroatoms. The van der Waals surface area contributed by atoms with E-state index < -0.39 is 11.0 Å². The molecule has 2 aromatic rings. The molecule has 9 nitrogen and oxygen atoms in total. The second-order valence-electron chi connectivity index (χ2n) is 7.59. The van der Waals surface area contributed by atoms with Crippen LogP contribution in [0.15, 0.2) is 54.6 Å². The van der Waals surface area contributed by atoms with Crippen molar-refractivity contribution in [3.8, 4) is 5.75 Å². The van der Waals surface area contributed by atoms with Gasteiger partial charge in [0.15, 0.2) is 6.61 Å². The van der Waals surface area contributed by atoms with Crippen molar-refractivity contribution in [2.24, 2.45) is 0 Å². The van der Waals surface area contributed by atoms with Crippen LogP contribution >= 0.6 is 11.8 Å². The van der Waals surface area contributed by atoms with Crippen LogP contribution in [0.4, 0.5) is 11.4 Å². The van der Waals surface area contributed by atoms with Crippen LogP contribution in [0.2, 0.25) is 0 Å². The lowest BCUT2D eigenvalue weighted by molar-refractivity contribution is -0.384. The zero-order chi connectivity index (χ0) is 23.6. The molecule has 3 rings (SSSR count). The standard InChI is InChI=1S/C23H28N4O5S/c1-33-16-11-21(24-22(28)17-32-20-5-3-2-4-6-20)23(29)26-14-12-25(13-15-26)18-7-9-19(10-8-18)27(30)31/h2-10,21H,11-17H2,1H3,(H,24,28). The minimum absolute atomic E-state index is 0.0520. The highest BCUT2D eigenvalue weighted by molar-refractivity contribution is 7.98. The number of ether oxygens (including phenoxy) is 1. The van der Waals surface area contributed by atoms with Crippen molar-refractivity contribution >= 4 is 35.0 Å². The van der Waals surface area contributed by atoms with E-state index in [9.17, 15) is 19.7 Å². The van der Waals surface area contributed by atoms with Crippen molar-refractivity contribution in [2.75, 3.05) is 49.7 Å². The number of thioether (sulfide) groups is 1. The lowest BCUT2D eigenvalue weighted by atomic mass is 10.1. The number of non-ortho nitro benzene ring substituents is 1. The molecule has 33 heavy (non-hydrogen) atoms. The summed E-state index contributed by atoms with van der Waals surface area (Å²) in [4.78, 5) is 39.8. The first-order valence-electron chi connectivity index (χ1n) is 10.7. The Kier molecular flexibility index (Phi) is 8.94. The first-order valence-corrected chi connectivity index (χ1v) is 12.1. The van der Waals surface area contributed by atoms with E-state index in [1.165, 1.54) is 12.1 Å². The number of benzene rings is 2. The summed E-state index contributed by atoms with van der Waals surface area (Å²) in [7, 11) is 0. The Morgan fingerprint density at radius 2 is 1.76 bits per heavy atom. The van der Waals surface area contributed by atoms with Crippen LogP contribution in [0.1, 0.15) is 6.42 Å². The normalized spacial score (nSPS) is 14.5. The van der Waals surface area contributed by atoms with Crippen molar-refractivity contribution < 1.29 is 19.2 Å². The molecule has 1 fully saturated rings. The van der Waals surface area contributed by atoms with Gasteiger partial charge in [-0.1, -0.05) is 18.2 Å². The second-order valence-corrected chi connectivity index (χ2v) is 8.57. The molecule has 0 bridgehead atoms. The van der Waals surface area contributed by atoms with E-state index in [0.29, 0.717) is 38.3 Å². The van der Waals surface area contributed by atoms with Gasteiger partial charge in [-0.25, -0.2) is 0 Å². The van der Waals surface area contributed by atoms with Gasteiger partial charge >= 0.3 is 0 Å². The predicted molar refractivity (Wildman–Crippen MR) is 129 cm³/mol. The maximum atomic E-state index is 13.1. The summed E-state index contributed by atoms with van der Waals surface area (Å²) < 4.78 is 5.49. The van der Waals surface area contributed by atoms with E-state index in [0.717, 1.165) is 11.4 Å². The van der Waals surface area contributed by atoms with Crippen LogP contribution in [0.5, 0.6) is 5.75 Å². The summed E-state index contributed by atoms with van der Waals surface area (Å²) in [5.41, 5.74) is 0.939. The highest BCUT2D eigenvalue weighted by Gasteiger charge is 2.28. The van der Waals surface area contributed by atoms with E-state index in [1.807, 2.05) is 24.5 Å². The molecule has 0 aliphatic carbocycles. The van der Waals surface area contributed by atoms with Gasteiger partial charge in [-0.3, -0.25) is 19.7 Å². The third-order valence-electron chi connectivity index (χ3n) is 5.37. The molecule has 2 amide bonds. The Morgan fingerprint density at radius 3 is 2.36 bits per heavy atom. The molecule has 1 aliphatic heterocycles. The number of para-hydroxylation sites is 1. The van der Waals surface area contributed by atoms with Crippen molar-refractivity contribution in [3.05, 3.63) is 64.7 Å². The molecule has 1 N–H and O–H groups in total. The van der Waals surface area contributed by atoms with Crippen LogP contribution in [0.25, 0.3) is 0 Å². The number of anilines is 1. The average Bonchev–Trinajstić information content (AvgIpc) is 2.85. The smallest absolute Gasteiger partial charge is 0.269 e. The number of amides is 2. The van der Waals surface area contributed by atoms with Crippen LogP contribution < -0.4 is 15.0 Å². The number of nitrogens with one attached hydrogen (secondary N) is 1. The fraction of sp³-hybridized carbons (Fsp3) is 0.391. The number of rotatable bonds is 10. The number of nitro groups is 1. The first-order chi connectivity index (χ1) is 16.0. The Hall–Kier alpha value is -3.27. The topological polar surface area (TPSA) is 105 Å². The van der Waals surface area contributed by atoms with Crippen molar-refractivity contribution in [1.82, 2.24) is 10.2 Å². The molecule has 0 spiro atoms. The zero-order valence-electron chi connectivity index (χ0n) is 18.5. The fourth-order valence-corrected chi connectivity index (χ4v) is 4.06. The van der Waals surface area contributed by atoms with Crippen LogP contribution in [-0.2, 0) is 9.59 Å². The van der Waals surface area contributed by atoms with Gasteiger partial charge in [-0.05, 0) is 42.7 Å². The number of hydrogen-bond donors (Lipinski definition) is 1. The summed E-state index contributed by atoms with van der Waals surface area (Å²) >= 11 is 1.62. The number of carbonyl (C=O) groups excluding carboxylic acids is 2. The third kappa shape index (κ3) is 7.11. The monoisotopic (exact) mass is 472 g/mol. The Labute approximate surface area is 197 Å². The van der Waals surface area contributed by atoms with Crippen molar-refractivity contribution in [2.45, 2.75) is 12.5 Å². The molecule has 1 atom stereocenters. The minimum Gasteiger partial charge on any atom is -0.484 e. The molecular weight excluding hydrogens is 444 g/mol. The molecule has 0 aromatic heterocycles. The second kappa shape index (κ2) is 12.1. The molecular formula is C23H28N4O5S. The Morgan fingerprint density at radius 1 is 1.09 bits per heavy atom. The van der Waals surface area contributed by atoms with Gasteiger partial charge in [-0.2, -0.15) is 11.8 Å². The summed E-state index contributed by atoms with van der Waals surface area (Å²) in [5.74, 6) is 0.921. The molecule has 1 saturated heterocycles. The number of carbonyl (C=O) groups is 2. The van der Waals surface area contributed by atoms with Gasteiger partial charge in [0.2, 0.25) is 5.91 Å². The number of hydrogen-bond acceptors (Lipinski definition) is 7. The van der Waals surface area contributed by atoms with Crippen molar-refractivity contribution in [1.29, 1.82) is 0 Å². The SMILES string of the molecule is CSCCC(NC(=O)COc1ccccc1)C(=O)N1CCN(c2ccc([N+](=O)[O-])cc2)CC1. The quantitative estimate of drug-likeness (QED) is 0.419. The molecule has 1 heterocycles. The summed E-state index contributed by atoms with van der Waals surface area (Å²) in [5, 5.41) is 13.7. The molecule has 1 unspecified atom stereocenters. The largest absolute Gasteiger partial charge is 0.484 e. The average molecular weight is 473 g/mol. The first kappa shape index (κ1) is 24.4. The number of nitro benzene ring substituents is 1. The fourth-order valence-electron chi connectivity index (χ4n) is 3.59. The highest BCUT2D eigenvalue weighted by Crippen LogP contribution is 2.21. The van der Waals surface area contributed by atoms with Gasteiger partial charge in [0.1, 0.15) is 11.8 Å². The van der Waals surface area contributed by atoms with Crippen LogP contribution in [0.3, 0.4) is 0 Å². The number of nitrogens with zero attached hydrogens (tertiary/aromatic N) is 3. The van der Waals surface area contributed by atoms with Gasteiger partial charge < -0.3 is 19.9 Å². The summed E-state index contributed by atoms with van der Waals surface area (Å²) in [6, 6.07) is 14.9. The molecule has 0 saturated carbocycles. The van der Waals surface area contributed by atoms with E-state index in [2.05, 4.69) is 10.2 Å². The maximum absolute atomic E-state index is 13.1. The highest BCUT2D eigenvalue weighted by atomic mass is 32.2. The lowest BCUT2D eigenvalue weighted by Gasteiger charge is -2.37.